The van der Waals surface area contributed by atoms with Crippen LogP contribution in [0.5, 0.6) is 5.75 Å². The molecule has 0 bridgehead atoms. The summed E-state index contributed by atoms with van der Waals surface area (Å²) in [5.74, 6) is 0.706. The smallest absolute Gasteiger partial charge is 0.308 e. The molecule has 1 aromatic rings. The number of esters is 1. The normalized spacial score (nSPS) is 17.5. The highest BCUT2D eigenvalue weighted by atomic mass is 16.5. The Morgan fingerprint density at radius 3 is 2.57 bits per heavy atom. The predicted molar refractivity (Wildman–Crippen MR) is 114 cm³/mol. The number of unbranched alkanes of at least 4 members (excludes halogenated alkanes) is 3. The van der Waals surface area contributed by atoms with Gasteiger partial charge in [0.25, 0.3) is 0 Å². The minimum Gasteiger partial charge on any atom is -0.426 e. The second-order valence-electron chi connectivity index (χ2n) is 8.84. The zero-order valence-corrected chi connectivity index (χ0v) is 18.3. The molecule has 28 heavy (non-hydrogen) atoms. The molecule has 4 nitrogen and oxygen atoms in total. The quantitative estimate of drug-likeness (QED) is 0.332. The molecule has 1 amide bonds. The highest BCUT2D eigenvalue weighted by Crippen LogP contribution is 2.38. The monoisotopic (exact) mass is 387 g/mol. The average Bonchev–Trinajstić information content (AvgIpc) is 2.65. The summed E-state index contributed by atoms with van der Waals surface area (Å²) in [6.07, 6.45) is 8.10. The van der Waals surface area contributed by atoms with Crippen molar-refractivity contribution in [3.05, 3.63) is 29.3 Å². The topological polar surface area (TPSA) is 46.6 Å². The number of piperidine rings is 1. The standard InChI is InChI=1S/C24H37NO3/c1-6-7-8-9-14-24(4,5)21-12-13-22(23(16-21)28-19(3)27)20-11-10-15-25(17-20)18(2)26/h12-13,16,20H,6-11,14-15,17H2,1-5H3. The van der Waals surface area contributed by atoms with Crippen molar-refractivity contribution in [2.24, 2.45) is 0 Å². The lowest BCUT2D eigenvalue weighted by Gasteiger charge is -2.33. The second-order valence-corrected chi connectivity index (χ2v) is 8.84. The van der Waals surface area contributed by atoms with Gasteiger partial charge in [0.15, 0.2) is 0 Å². The van der Waals surface area contributed by atoms with E-state index in [4.69, 9.17) is 4.74 Å². The molecule has 2 rings (SSSR count). The van der Waals surface area contributed by atoms with E-state index in [2.05, 4.69) is 39.0 Å². The third kappa shape index (κ3) is 6.08. The Balaban J connectivity index is 2.25. The van der Waals surface area contributed by atoms with Gasteiger partial charge in [-0.15, -0.1) is 0 Å². The van der Waals surface area contributed by atoms with E-state index in [1.807, 2.05) is 4.90 Å². The number of benzene rings is 1. The van der Waals surface area contributed by atoms with Crippen LogP contribution < -0.4 is 4.74 Å². The molecule has 1 fully saturated rings. The molecular formula is C24H37NO3. The van der Waals surface area contributed by atoms with Gasteiger partial charge in [-0.3, -0.25) is 9.59 Å². The van der Waals surface area contributed by atoms with Gasteiger partial charge in [0, 0.05) is 32.9 Å². The van der Waals surface area contributed by atoms with Crippen molar-refractivity contribution < 1.29 is 14.3 Å². The molecule has 156 valence electrons. The van der Waals surface area contributed by atoms with Crippen LogP contribution in [-0.4, -0.2) is 29.9 Å². The van der Waals surface area contributed by atoms with Gasteiger partial charge < -0.3 is 9.64 Å². The molecule has 0 aliphatic carbocycles. The third-order valence-electron chi connectivity index (χ3n) is 6.01. The predicted octanol–water partition coefficient (Wildman–Crippen LogP) is 5.59. The molecule has 1 aliphatic rings. The Labute approximate surface area is 170 Å². The van der Waals surface area contributed by atoms with Crippen LogP contribution in [0.3, 0.4) is 0 Å². The number of amides is 1. The maximum absolute atomic E-state index is 11.8. The summed E-state index contributed by atoms with van der Waals surface area (Å²) in [4.78, 5) is 25.5. The van der Waals surface area contributed by atoms with Crippen LogP contribution in [0.15, 0.2) is 18.2 Å². The van der Waals surface area contributed by atoms with Gasteiger partial charge in [0.05, 0.1) is 0 Å². The van der Waals surface area contributed by atoms with Crippen molar-refractivity contribution >= 4 is 11.9 Å². The van der Waals surface area contributed by atoms with Crippen molar-refractivity contribution in [3.8, 4) is 5.75 Å². The van der Waals surface area contributed by atoms with Gasteiger partial charge in [-0.2, -0.15) is 0 Å². The molecule has 1 unspecified atom stereocenters. The molecule has 1 atom stereocenters. The number of ether oxygens (including phenoxy) is 1. The number of hydrogen-bond acceptors (Lipinski definition) is 3. The van der Waals surface area contributed by atoms with Gasteiger partial charge in [-0.1, -0.05) is 58.6 Å². The first kappa shape index (κ1) is 22.4. The second kappa shape index (κ2) is 10.1. The highest BCUT2D eigenvalue weighted by Gasteiger charge is 2.28. The lowest BCUT2D eigenvalue weighted by Crippen LogP contribution is -2.37. The van der Waals surface area contributed by atoms with E-state index in [1.165, 1.54) is 38.2 Å². The maximum Gasteiger partial charge on any atom is 0.308 e. The van der Waals surface area contributed by atoms with Crippen LogP contribution >= 0.6 is 0 Å². The fourth-order valence-electron chi connectivity index (χ4n) is 4.19. The summed E-state index contributed by atoms with van der Waals surface area (Å²) in [7, 11) is 0. The van der Waals surface area contributed by atoms with E-state index in [-0.39, 0.29) is 23.2 Å². The van der Waals surface area contributed by atoms with E-state index in [1.54, 1.807) is 6.92 Å². The summed E-state index contributed by atoms with van der Waals surface area (Å²) < 4.78 is 5.63. The van der Waals surface area contributed by atoms with Gasteiger partial charge >= 0.3 is 5.97 Å². The van der Waals surface area contributed by atoms with E-state index in [9.17, 15) is 9.59 Å². The summed E-state index contributed by atoms with van der Waals surface area (Å²) in [5, 5.41) is 0. The number of carbonyl (C=O) groups excluding carboxylic acids is 2. The first-order chi connectivity index (χ1) is 13.2. The Hall–Kier alpha value is -1.84. The minimum atomic E-state index is -0.293. The molecule has 0 saturated carbocycles. The Morgan fingerprint density at radius 1 is 1.18 bits per heavy atom. The molecule has 0 spiro atoms. The summed E-state index contributed by atoms with van der Waals surface area (Å²) in [5.41, 5.74) is 2.30. The fourth-order valence-corrected chi connectivity index (χ4v) is 4.19. The molecule has 4 heteroatoms. The van der Waals surface area contributed by atoms with E-state index in [0.29, 0.717) is 12.3 Å². The van der Waals surface area contributed by atoms with Crippen LogP contribution in [0.4, 0.5) is 0 Å². The number of rotatable bonds is 8. The molecule has 1 heterocycles. The zero-order valence-electron chi connectivity index (χ0n) is 18.3. The first-order valence-electron chi connectivity index (χ1n) is 10.8. The Kier molecular flexibility index (Phi) is 8.09. The number of carbonyl (C=O) groups is 2. The molecule has 0 N–H and O–H groups in total. The molecule has 0 radical (unpaired) electrons. The Bertz CT molecular complexity index is 680. The van der Waals surface area contributed by atoms with E-state index in [0.717, 1.165) is 31.4 Å². The largest absolute Gasteiger partial charge is 0.426 e. The zero-order chi connectivity index (χ0) is 20.7. The van der Waals surface area contributed by atoms with Crippen molar-refractivity contribution in [1.82, 2.24) is 4.90 Å². The molecule has 0 aromatic heterocycles. The third-order valence-corrected chi connectivity index (χ3v) is 6.01. The van der Waals surface area contributed by atoms with Crippen LogP contribution in [0.25, 0.3) is 0 Å². The van der Waals surface area contributed by atoms with Gasteiger partial charge in [0.1, 0.15) is 5.75 Å². The lowest BCUT2D eigenvalue weighted by atomic mass is 9.78. The van der Waals surface area contributed by atoms with Gasteiger partial charge in [-0.25, -0.2) is 0 Å². The van der Waals surface area contributed by atoms with Gasteiger partial charge in [0.2, 0.25) is 5.91 Å². The summed E-state index contributed by atoms with van der Waals surface area (Å²) in [6, 6.07) is 6.37. The van der Waals surface area contributed by atoms with Crippen LogP contribution in [-0.2, 0) is 15.0 Å². The maximum atomic E-state index is 11.8. The van der Waals surface area contributed by atoms with Crippen LogP contribution in [0, 0.1) is 0 Å². The van der Waals surface area contributed by atoms with Gasteiger partial charge in [-0.05, 0) is 41.9 Å². The first-order valence-corrected chi connectivity index (χ1v) is 10.8. The molecule has 1 aromatic carbocycles. The number of likely N-dealkylation sites (tertiary alicyclic amines) is 1. The van der Waals surface area contributed by atoms with Crippen molar-refractivity contribution in [1.29, 1.82) is 0 Å². The van der Waals surface area contributed by atoms with Crippen LogP contribution in [0.2, 0.25) is 0 Å². The summed E-state index contributed by atoms with van der Waals surface area (Å²) in [6.45, 7) is 11.4. The van der Waals surface area contributed by atoms with Crippen molar-refractivity contribution in [3.63, 3.8) is 0 Å². The molecular weight excluding hydrogens is 350 g/mol. The molecule has 1 saturated heterocycles. The lowest BCUT2D eigenvalue weighted by molar-refractivity contribution is -0.132. The van der Waals surface area contributed by atoms with Crippen molar-refractivity contribution in [2.75, 3.05) is 13.1 Å². The number of hydrogen-bond donors (Lipinski definition) is 0. The van der Waals surface area contributed by atoms with E-state index >= 15 is 0 Å². The minimum absolute atomic E-state index is 0.0408. The summed E-state index contributed by atoms with van der Waals surface area (Å²) >= 11 is 0. The highest BCUT2D eigenvalue weighted by molar-refractivity contribution is 5.73. The van der Waals surface area contributed by atoms with Crippen LogP contribution in [0.1, 0.15) is 96.6 Å². The molecule has 1 aliphatic heterocycles. The van der Waals surface area contributed by atoms with Crippen molar-refractivity contribution in [2.45, 2.75) is 90.9 Å². The average molecular weight is 388 g/mol. The number of nitrogens with zero attached hydrogens (tertiary/aromatic N) is 1. The SMILES string of the molecule is CCCCCCC(C)(C)c1ccc(C2CCCN(C(C)=O)C2)c(OC(C)=O)c1. The van der Waals surface area contributed by atoms with E-state index < -0.39 is 0 Å². The fraction of sp³-hybridized carbons (Fsp3) is 0.667. The Morgan fingerprint density at radius 2 is 1.93 bits per heavy atom.